The lowest BCUT2D eigenvalue weighted by molar-refractivity contribution is -0.112. The highest BCUT2D eigenvalue weighted by molar-refractivity contribution is 7.90. The highest BCUT2D eigenvalue weighted by Gasteiger charge is 2.21. The van der Waals surface area contributed by atoms with Crippen molar-refractivity contribution in [1.29, 1.82) is 0 Å². The predicted molar refractivity (Wildman–Crippen MR) is 110 cm³/mol. The number of carbonyl (C=O) groups excluding carboxylic acids is 1. The summed E-state index contributed by atoms with van der Waals surface area (Å²) < 4.78 is 23.4. The Kier molecular flexibility index (Phi) is 6.28. The van der Waals surface area contributed by atoms with E-state index in [1.54, 1.807) is 12.1 Å². The van der Waals surface area contributed by atoms with E-state index >= 15 is 0 Å². The molecule has 29 heavy (non-hydrogen) atoms. The number of rotatable bonds is 7. The lowest BCUT2D eigenvalue weighted by Gasteiger charge is -2.14. The number of thiazole rings is 1. The Hall–Kier alpha value is -2.79. The maximum atomic E-state index is 13.0. The minimum absolute atomic E-state index is 0.00385. The fourth-order valence-electron chi connectivity index (χ4n) is 2.86. The molecule has 0 radical (unpaired) electrons. The van der Waals surface area contributed by atoms with Crippen molar-refractivity contribution < 1.29 is 18.4 Å². The van der Waals surface area contributed by atoms with Crippen LogP contribution in [0, 0.1) is 0 Å². The number of amidine groups is 1. The Morgan fingerprint density at radius 2 is 1.93 bits per heavy atom. The second-order valence-electron chi connectivity index (χ2n) is 6.61. The third-order valence-corrected chi connectivity index (χ3v) is 6.52. The molecule has 0 amide bonds. The van der Waals surface area contributed by atoms with Gasteiger partial charge in [-0.1, -0.05) is 17.3 Å². The predicted octanol–water partition coefficient (Wildman–Crippen LogP) is 1.25. The van der Waals surface area contributed by atoms with Gasteiger partial charge >= 0.3 is 0 Å². The van der Waals surface area contributed by atoms with Gasteiger partial charge in [0.05, 0.1) is 16.2 Å². The molecule has 0 aliphatic carbocycles. The molecule has 3 N–H and O–H groups in total. The number of ketones is 1. The van der Waals surface area contributed by atoms with E-state index in [1.807, 2.05) is 5.01 Å². The van der Waals surface area contributed by atoms with Crippen LogP contribution in [0.5, 0.6) is 0 Å². The summed E-state index contributed by atoms with van der Waals surface area (Å²) >= 11 is 1.16. The Bertz CT molecular complexity index is 1050. The van der Waals surface area contributed by atoms with Gasteiger partial charge in [0, 0.05) is 31.1 Å². The molecule has 1 aliphatic heterocycles. The maximum Gasteiger partial charge on any atom is 0.190 e. The standard InChI is InChI=1S/C18H21N5O4S2/c1-29(26,27)13-6-4-12(5-7-13)17(21-23-8-2-3-9-23)14(24)10-16-20-11-15(28-16)18(19)22-25/h4-7,11,25H,2-3,8-10H2,1H3,(H2,19,22)/b21-17+. The Labute approximate surface area is 172 Å². The Morgan fingerprint density at radius 1 is 1.28 bits per heavy atom. The van der Waals surface area contributed by atoms with E-state index in [-0.39, 0.29) is 28.6 Å². The molecule has 0 saturated carbocycles. The monoisotopic (exact) mass is 435 g/mol. The van der Waals surface area contributed by atoms with Crippen molar-refractivity contribution in [2.75, 3.05) is 19.3 Å². The molecule has 9 nitrogen and oxygen atoms in total. The van der Waals surface area contributed by atoms with E-state index in [4.69, 9.17) is 10.9 Å². The van der Waals surface area contributed by atoms with E-state index in [2.05, 4.69) is 15.2 Å². The van der Waals surface area contributed by atoms with E-state index in [1.165, 1.54) is 18.3 Å². The van der Waals surface area contributed by atoms with Crippen molar-refractivity contribution in [3.63, 3.8) is 0 Å². The van der Waals surface area contributed by atoms with Crippen molar-refractivity contribution in [2.24, 2.45) is 16.0 Å². The minimum atomic E-state index is -3.33. The van der Waals surface area contributed by atoms with Crippen LogP contribution in [0.2, 0.25) is 0 Å². The second kappa shape index (κ2) is 8.70. The first-order valence-corrected chi connectivity index (χ1v) is 11.6. The summed E-state index contributed by atoms with van der Waals surface area (Å²) in [7, 11) is -3.33. The Morgan fingerprint density at radius 3 is 2.52 bits per heavy atom. The molecule has 1 aromatic carbocycles. The van der Waals surface area contributed by atoms with E-state index in [0.717, 1.165) is 43.5 Å². The number of hydrogen-bond acceptors (Lipinski definition) is 9. The highest BCUT2D eigenvalue weighted by atomic mass is 32.2. The number of hydrazone groups is 1. The highest BCUT2D eigenvalue weighted by Crippen LogP contribution is 2.18. The van der Waals surface area contributed by atoms with E-state index < -0.39 is 9.84 Å². The fourth-order valence-corrected chi connectivity index (χ4v) is 4.30. The van der Waals surface area contributed by atoms with Crippen molar-refractivity contribution in [3.05, 3.63) is 45.9 Å². The van der Waals surface area contributed by atoms with E-state index in [9.17, 15) is 13.2 Å². The fraction of sp³-hybridized carbons (Fsp3) is 0.333. The number of Topliss-reactive ketones (excluding diaryl/α,β-unsaturated/α-hetero) is 1. The molecule has 0 bridgehead atoms. The average molecular weight is 436 g/mol. The quantitative estimate of drug-likeness (QED) is 0.289. The summed E-state index contributed by atoms with van der Waals surface area (Å²) in [5, 5.41) is 18.6. The van der Waals surface area contributed by atoms with Crippen LogP contribution in [0.25, 0.3) is 0 Å². The molecule has 1 aromatic heterocycles. The lowest BCUT2D eigenvalue weighted by Crippen LogP contribution is -2.23. The number of oxime groups is 1. The summed E-state index contributed by atoms with van der Waals surface area (Å²) in [4.78, 5) is 17.8. The molecular formula is C18H21N5O4S2. The van der Waals surface area contributed by atoms with Gasteiger partial charge in [-0.05, 0) is 25.0 Å². The molecule has 1 aliphatic rings. The first-order valence-electron chi connectivity index (χ1n) is 8.88. The zero-order valence-corrected chi connectivity index (χ0v) is 17.4. The first kappa shape index (κ1) is 20.9. The average Bonchev–Trinajstić information content (AvgIpc) is 3.37. The normalized spacial score (nSPS) is 15.7. The number of benzene rings is 1. The molecular weight excluding hydrogens is 414 g/mol. The van der Waals surface area contributed by atoms with Gasteiger partial charge in [0.2, 0.25) is 0 Å². The summed E-state index contributed by atoms with van der Waals surface area (Å²) in [6.45, 7) is 1.53. The molecule has 0 unspecified atom stereocenters. The number of nitrogens with two attached hydrogens (primary N) is 1. The number of sulfone groups is 1. The largest absolute Gasteiger partial charge is 0.409 e. The lowest BCUT2D eigenvalue weighted by atomic mass is 10.0. The summed E-state index contributed by atoms with van der Waals surface area (Å²) in [6, 6.07) is 6.12. The van der Waals surface area contributed by atoms with Crippen molar-refractivity contribution >= 4 is 38.5 Å². The number of aromatic nitrogens is 1. The Balaban J connectivity index is 1.89. The van der Waals surface area contributed by atoms with Crippen LogP contribution in [0.1, 0.15) is 28.3 Å². The van der Waals surface area contributed by atoms with Crippen molar-refractivity contribution in [2.45, 2.75) is 24.2 Å². The van der Waals surface area contributed by atoms with Crippen LogP contribution in [0.15, 0.2) is 45.6 Å². The third kappa shape index (κ3) is 5.18. The molecule has 1 saturated heterocycles. The molecule has 0 spiro atoms. The topological polar surface area (TPSA) is 138 Å². The summed E-state index contributed by atoms with van der Waals surface area (Å²) in [5.41, 5.74) is 6.35. The summed E-state index contributed by atoms with van der Waals surface area (Å²) in [5.74, 6) is -0.312. The first-order chi connectivity index (χ1) is 13.8. The molecule has 3 rings (SSSR count). The van der Waals surface area contributed by atoms with Crippen LogP contribution in [-0.4, -0.2) is 60.3 Å². The SMILES string of the molecule is CS(=O)(=O)c1ccc(/C(=N\N2CCCC2)C(=O)Cc2ncc(/C(N)=N/O)s2)cc1. The van der Waals surface area contributed by atoms with Crippen LogP contribution in [-0.2, 0) is 21.1 Å². The summed E-state index contributed by atoms with van der Waals surface area (Å²) in [6.07, 6.45) is 4.60. The maximum absolute atomic E-state index is 13.0. The van der Waals surface area contributed by atoms with Gasteiger partial charge in [-0.15, -0.1) is 11.3 Å². The molecule has 2 aromatic rings. The van der Waals surface area contributed by atoms with Gasteiger partial charge < -0.3 is 10.9 Å². The van der Waals surface area contributed by atoms with Gasteiger partial charge in [0.15, 0.2) is 21.5 Å². The minimum Gasteiger partial charge on any atom is -0.409 e. The van der Waals surface area contributed by atoms with Crippen LogP contribution < -0.4 is 5.73 Å². The van der Waals surface area contributed by atoms with Gasteiger partial charge in [-0.2, -0.15) is 5.10 Å². The number of nitrogens with zero attached hydrogens (tertiary/aromatic N) is 4. The molecule has 11 heteroatoms. The molecule has 0 atom stereocenters. The van der Waals surface area contributed by atoms with Crippen molar-refractivity contribution in [3.8, 4) is 0 Å². The van der Waals surface area contributed by atoms with Crippen LogP contribution in [0.4, 0.5) is 0 Å². The van der Waals surface area contributed by atoms with Gasteiger partial charge in [-0.3, -0.25) is 9.80 Å². The van der Waals surface area contributed by atoms with Gasteiger partial charge in [-0.25, -0.2) is 13.4 Å². The third-order valence-electron chi connectivity index (χ3n) is 4.37. The van der Waals surface area contributed by atoms with Gasteiger partial charge in [0.1, 0.15) is 10.7 Å². The molecule has 1 fully saturated rings. The second-order valence-corrected chi connectivity index (χ2v) is 9.74. The molecule has 2 heterocycles. The molecule has 154 valence electrons. The smallest absolute Gasteiger partial charge is 0.190 e. The van der Waals surface area contributed by atoms with Crippen LogP contribution in [0.3, 0.4) is 0 Å². The van der Waals surface area contributed by atoms with E-state index in [0.29, 0.717) is 15.4 Å². The van der Waals surface area contributed by atoms with Crippen molar-refractivity contribution in [1.82, 2.24) is 9.99 Å². The number of hydrogen-bond donors (Lipinski definition) is 2. The van der Waals surface area contributed by atoms with Crippen LogP contribution >= 0.6 is 11.3 Å². The zero-order chi connectivity index (χ0) is 21.0. The number of carbonyl (C=O) groups is 1. The van der Waals surface area contributed by atoms with Gasteiger partial charge in [0.25, 0.3) is 0 Å². The zero-order valence-electron chi connectivity index (χ0n) is 15.8.